The molecule has 26 heavy (non-hydrogen) atoms. The third-order valence-corrected chi connectivity index (χ3v) is 5.61. The zero-order valence-corrected chi connectivity index (χ0v) is 16.9. The minimum absolute atomic E-state index is 0.0123. The number of aromatic nitrogens is 2. The van der Waals surface area contributed by atoms with E-state index in [2.05, 4.69) is 67.2 Å². The fourth-order valence-corrected chi connectivity index (χ4v) is 4.46. The Morgan fingerprint density at radius 2 is 2.04 bits per heavy atom. The second-order valence-corrected chi connectivity index (χ2v) is 8.75. The van der Waals surface area contributed by atoms with Crippen LogP contribution in [0.4, 0.5) is 5.82 Å². The predicted octanol–water partition coefficient (Wildman–Crippen LogP) is 3.52. The Labute approximate surface area is 158 Å². The Balaban J connectivity index is 1.71. The third-order valence-electron chi connectivity index (χ3n) is 4.58. The van der Waals surface area contributed by atoms with Gasteiger partial charge in [0, 0.05) is 24.0 Å². The first-order chi connectivity index (χ1) is 12.3. The highest BCUT2D eigenvalue weighted by Crippen LogP contribution is 2.27. The molecule has 6 nitrogen and oxygen atoms in total. The molecule has 0 radical (unpaired) electrons. The number of carbonyl (C=O) groups excluding carboxylic acids is 1. The largest absolute Gasteiger partial charge is 0.373 e. The molecule has 7 heteroatoms. The molecule has 1 aliphatic heterocycles. The van der Waals surface area contributed by atoms with Crippen LogP contribution in [0.15, 0.2) is 18.2 Å². The normalized spacial score (nSPS) is 22.5. The summed E-state index contributed by atoms with van der Waals surface area (Å²) in [6.07, 6.45) is 0.263. The number of carbonyl (C=O) groups is 1. The Kier molecular flexibility index (Phi) is 5.79. The van der Waals surface area contributed by atoms with Gasteiger partial charge in [-0.15, -0.1) is 11.3 Å². The molecular weight excluding hydrogens is 348 g/mol. The molecule has 0 spiro atoms. The van der Waals surface area contributed by atoms with E-state index in [4.69, 9.17) is 4.74 Å². The molecule has 3 rings (SSSR count). The van der Waals surface area contributed by atoms with Crippen molar-refractivity contribution >= 4 is 23.1 Å². The molecule has 1 saturated heterocycles. The summed E-state index contributed by atoms with van der Waals surface area (Å²) in [6.45, 7) is 11.9. The number of nitrogens with one attached hydrogen (secondary N) is 2. The molecule has 1 fully saturated rings. The Morgan fingerprint density at radius 1 is 1.35 bits per heavy atom. The van der Waals surface area contributed by atoms with E-state index in [0.717, 1.165) is 23.7 Å². The lowest BCUT2D eigenvalue weighted by Gasteiger charge is -2.40. The Hall–Kier alpha value is -1.70. The topological polar surface area (TPSA) is 70.2 Å². The summed E-state index contributed by atoms with van der Waals surface area (Å²) in [6, 6.07) is 5.83. The summed E-state index contributed by atoms with van der Waals surface area (Å²) in [5.74, 6) is 0.753. The fourth-order valence-electron chi connectivity index (χ4n) is 3.63. The second kappa shape index (κ2) is 7.90. The molecular formula is C19H28N4O2S. The van der Waals surface area contributed by atoms with Crippen molar-refractivity contribution in [2.24, 2.45) is 5.92 Å². The number of thiophene rings is 1. The molecule has 2 N–H and O–H groups in total. The second-order valence-electron chi connectivity index (χ2n) is 7.47. The van der Waals surface area contributed by atoms with E-state index in [1.807, 2.05) is 6.07 Å². The maximum Gasteiger partial charge on any atom is 0.243 e. The van der Waals surface area contributed by atoms with Crippen molar-refractivity contribution in [1.29, 1.82) is 0 Å². The third kappa shape index (κ3) is 4.34. The highest BCUT2D eigenvalue weighted by atomic mass is 32.1. The number of amides is 1. The Morgan fingerprint density at radius 3 is 2.62 bits per heavy atom. The minimum Gasteiger partial charge on any atom is -0.373 e. The number of rotatable bonds is 5. The summed E-state index contributed by atoms with van der Waals surface area (Å²) < 4.78 is 5.81. The van der Waals surface area contributed by atoms with Crippen LogP contribution in [0.2, 0.25) is 0 Å². The van der Waals surface area contributed by atoms with E-state index in [9.17, 15) is 4.79 Å². The molecule has 0 aromatic carbocycles. The summed E-state index contributed by atoms with van der Waals surface area (Å²) >= 11 is 1.70. The van der Waals surface area contributed by atoms with Crippen LogP contribution in [0.5, 0.6) is 0 Å². The number of morpholine rings is 1. The number of aromatic amines is 1. The molecule has 142 valence electrons. The van der Waals surface area contributed by atoms with E-state index in [1.54, 1.807) is 11.3 Å². The summed E-state index contributed by atoms with van der Waals surface area (Å²) in [5.41, 5.74) is 0.924. The van der Waals surface area contributed by atoms with Crippen LogP contribution in [0.25, 0.3) is 10.6 Å². The van der Waals surface area contributed by atoms with E-state index >= 15 is 0 Å². The van der Waals surface area contributed by atoms with Gasteiger partial charge in [0.25, 0.3) is 0 Å². The number of anilines is 1. The SMILES string of the molecule is Cc1ccc(-c2cc(NC(=O)C(C(C)C)N3CC(C)OC(C)C3)n[nH]2)s1. The lowest BCUT2D eigenvalue weighted by atomic mass is 9.99. The van der Waals surface area contributed by atoms with Crippen molar-refractivity contribution in [3.63, 3.8) is 0 Å². The van der Waals surface area contributed by atoms with E-state index in [-0.39, 0.29) is 30.1 Å². The molecule has 2 aromatic rings. The Bertz CT molecular complexity index is 744. The van der Waals surface area contributed by atoms with Gasteiger partial charge in [0.2, 0.25) is 5.91 Å². The molecule has 0 aliphatic carbocycles. The van der Waals surface area contributed by atoms with Gasteiger partial charge in [-0.25, -0.2) is 0 Å². The number of aryl methyl sites for hydroxylation is 1. The lowest BCUT2D eigenvalue weighted by Crippen LogP contribution is -2.55. The maximum atomic E-state index is 13.0. The lowest BCUT2D eigenvalue weighted by molar-refractivity contribution is -0.130. The van der Waals surface area contributed by atoms with Gasteiger partial charge in [0.15, 0.2) is 5.82 Å². The van der Waals surface area contributed by atoms with Crippen molar-refractivity contribution in [2.75, 3.05) is 18.4 Å². The van der Waals surface area contributed by atoms with E-state index in [1.165, 1.54) is 4.88 Å². The van der Waals surface area contributed by atoms with Gasteiger partial charge in [0.1, 0.15) is 0 Å². The van der Waals surface area contributed by atoms with Gasteiger partial charge in [-0.1, -0.05) is 13.8 Å². The van der Waals surface area contributed by atoms with E-state index < -0.39 is 0 Å². The molecule has 2 aromatic heterocycles. The van der Waals surface area contributed by atoms with Crippen LogP contribution in [0, 0.1) is 12.8 Å². The molecule has 1 aliphatic rings. The van der Waals surface area contributed by atoms with Gasteiger partial charge in [0.05, 0.1) is 28.8 Å². The van der Waals surface area contributed by atoms with Crippen molar-refractivity contribution in [1.82, 2.24) is 15.1 Å². The minimum atomic E-state index is -0.201. The number of hydrogen-bond acceptors (Lipinski definition) is 5. The van der Waals surface area contributed by atoms with Crippen LogP contribution < -0.4 is 5.32 Å². The predicted molar refractivity (Wildman–Crippen MR) is 105 cm³/mol. The van der Waals surface area contributed by atoms with Gasteiger partial charge in [-0.3, -0.25) is 14.8 Å². The van der Waals surface area contributed by atoms with Gasteiger partial charge < -0.3 is 10.1 Å². The van der Waals surface area contributed by atoms with Crippen LogP contribution in [0.3, 0.4) is 0 Å². The van der Waals surface area contributed by atoms with Crippen LogP contribution >= 0.6 is 11.3 Å². The van der Waals surface area contributed by atoms with E-state index in [0.29, 0.717) is 5.82 Å². The van der Waals surface area contributed by atoms with Gasteiger partial charge in [-0.05, 0) is 38.8 Å². The van der Waals surface area contributed by atoms with Gasteiger partial charge >= 0.3 is 0 Å². The molecule has 0 bridgehead atoms. The number of ether oxygens (including phenoxy) is 1. The first-order valence-electron chi connectivity index (χ1n) is 9.16. The smallest absolute Gasteiger partial charge is 0.243 e. The zero-order chi connectivity index (χ0) is 18.8. The molecule has 1 amide bonds. The van der Waals surface area contributed by atoms with Crippen molar-refractivity contribution < 1.29 is 9.53 Å². The van der Waals surface area contributed by atoms with Crippen LogP contribution in [0.1, 0.15) is 32.6 Å². The highest BCUT2D eigenvalue weighted by molar-refractivity contribution is 7.15. The molecule has 3 atom stereocenters. The average Bonchev–Trinajstić information content (AvgIpc) is 3.15. The standard InChI is InChI=1S/C19H28N4O2S/c1-11(2)18(23-9-12(3)25-13(4)10-23)19(24)20-17-8-15(21-22-17)16-7-6-14(5)26-16/h6-8,11-13,18H,9-10H2,1-5H3,(H2,20,21,22,24). The van der Waals surface area contributed by atoms with Crippen molar-refractivity contribution in [3.05, 3.63) is 23.1 Å². The number of hydrogen-bond donors (Lipinski definition) is 2. The summed E-state index contributed by atoms with van der Waals surface area (Å²) in [7, 11) is 0. The number of H-pyrrole nitrogens is 1. The van der Waals surface area contributed by atoms with Gasteiger partial charge in [-0.2, -0.15) is 5.10 Å². The summed E-state index contributed by atoms with van der Waals surface area (Å²) in [4.78, 5) is 17.6. The maximum absolute atomic E-state index is 13.0. The number of nitrogens with zero attached hydrogens (tertiary/aromatic N) is 2. The first-order valence-corrected chi connectivity index (χ1v) is 9.97. The zero-order valence-electron chi connectivity index (χ0n) is 16.1. The quantitative estimate of drug-likeness (QED) is 0.838. The van der Waals surface area contributed by atoms with Crippen molar-refractivity contribution in [2.45, 2.75) is 52.9 Å². The highest BCUT2D eigenvalue weighted by Gasteiger charge is 2.34. The van der Waals surface area contributed by atoms with Crippen LogP contribution in [-0.4, -0.2) is 52.3 Å². The van der Waals surface area contributed by atoms with Crippen molar-refractivity contribution in [3.8, 4) is 10.6 Å². The molecule has 3 heterocycles. The molecule has 3 unspecified atom stereocenters. The van der Waals surface area contributed by atoms with Crippen LogP contribution in [-0.2, 0) is 9.53 Å². The monoisotopic (exact) mass is 376 g/mol. The fraction of sp³-hybridized carbons (Fsp3) is 0.579. The first kappa shape index (κ1) is 19.1. The average molecular weight is 377 g/mol. The summed E-state index contributed by atoms with van der Waals surface area (Å²) in [5, 5.41) is 10.3. The molecule has 0 saturated carbocycles.